The van der Waals surface area contributed by atoms with Gasteiger partial charge >= 0.3 is 0 Å². The van der Waals surface area contributed by atoms with Crippen molar-refractivity contribution in [3.05, 3.63) is 47.4 Å². The molecule has 2 atom stereocenters. The monoisotopic (exact) mass is 467 g/mol. The molecule has 1 aromatic heterocycles. The Balaban J connectivity index is 1.32. The van der Waals surface area contributed by atoms with Gasteiger partial charge in [0.2, 0.25) is 6.29 Å². The van der Waals surface area contributed by atoms with Gasteiger partial charge in [-0.3, -0.25) is 0 Å². The molecule has 0 N–H and O–H groups in total. The number of hydrogen-bond donors (Lipinski definition) is 0. The first-order valence-electron chi connectivity index (χ1n) is 13.7. The SMILES string of the molecule is CCCCCC1CCC(c2ccc(-c3cc(C)c(O[C@@H]4O[C@H]4CCCCC)c(F)n3)cc2)CC1. The van der Waals surface area contributed by atoms with E-state index < -0.39 is 5.95 Å². The van der Waals surface area contributed by atoms with Crippen molar-refractivity contribution in [2.24, 2.45) is 5.92 Å². The van der Waals surface area contributed by atoms with Gasteiger partial charge in [0.25, 0.3) is 5.95 Å². The molecule has 1 saturated heterocycles. The fourth-order valence-corrected chi connectivity index (χ4v) is 5.45. The maximum absolute atomic E-state index is 14.8. The molecule has 4 heteroatoms. The van der Waals surface area contributed by atoms with Crippen molar-refractivity contribution in [3.63, 3.8) is 0 Å². The second-order valence-corrected chi connectivity index (χ2v) is 10.4. The van der Waals surface area contributed by atoms with Crippen LogP contribution >= 0.6 is 0 Å². The number of halogens is 1. The highest BCUT2D eigenvalue weighted by Gasteiger charge is 2.41. The molecule has 2 aliphatic rings. The molecule has 3 nitrogen and oxygen atoms in total. The molecule has 0 radical (unpaired) electrons. The molecule has 34 heavy (non-hydrogen) atoms. The second-order valence-electron chi connectivity index (χ2n) is 10.4. The summed E-state index contributed by atoms with van der Waals surface area (Å²) in [6.07, 6.45) is 15.0. The van der Waals surface area contributed by atoms with E-state index in [-0.39, 0.29) is 18.1 Å². The van der Waals surface area contributed by atoms with E-state index in [2.05, 4.69) is 43.1 Å². The van der Waals surface area contributed by atoms with E-state index in [4.69, 9.17) is 9.47 Å². The zero-order valence-electron chi connectivity index (χ0n) is 21.3. The number of aromatic nitrogens is 1. The second kappa shape index (κ2) is 12.2. The first kappa shape index (κ1) is 25.2. The van der Waals surface area contributed by atoms with Crippen molar-refractivity contribution >= 4 is 0 Å². The molecule has 1 aliphatic carbocycles. The van der Waals surface area contributed by atoms with Gasteiger partial charge < -0.3 is 9.47 Å². The highest BCUT2D eigenvalue weighted by atomic mass is 19.1. The van der Waals surface area contributed by atoms with Crippen LogP contribution in [0.1, 0.15) is 108 Å². The Bertz CT molecular complexity index is 882. The van der Waals surface area contributed by atoms with Gasteiger partial charge in [0.1, 0.15) is 6.10 Å². The predicted octanol–water partition coefficient (Wildman–Crippen LogP) is 8.73. The lowest BCUT2D eigenvalue weighted by atomic mass is 9.77. The van der Waals surface area contributed by atoms with Crippen LogP contribution in [-0.2, 0) is 4.74 Å². The Morgan fingerprint density at radius 3 is 2.26 bits per heavy atom. The summed E-state index contributed by atoms with van der Waals surface area (Å²) in [5.74, 6) is 1.25. The number of hydrogen-bond acceptors (Lipinski definition) is 3. The molecule has 0 spiro atoms. The molecular formula is C30H42FNO2. The molecule has 2 heterocycles. The number of benzene rings is 1. The number of unbranched alkanes of at least 4 members (excludes halogenated alkanes) is 4. The minimum Gasteiger partial charge on any atom is -0.457 e. The maximum Gasteiger partial charge on any atom is 0.256 e. The lowest BCUT2D eigenvalue weighted by molar-refractivity contribution is 0.169. The Kier molecular flexibility index (Phi) is 8.99. The lowest BCUT2D eigenvalue weighted by Crippen LogP contribution is -2.13. The average molecular weight is 468 g/mol. The van der Waals surface area contributed by atoms with Crippen molar-refractivity contribution in [3.8, 4) is 17.0 Å². The number of ether oxygens (including phenoxy) is 2. The summed E-state index contributed by atoms with van der Waals surface area (Å²) in [7, 11) is 0. The minimum atomic E-state index is -0.553. The third-order valence-corrected chi connectivity index (χ3v) is 7.72. The molecular weight excluding hydrogens is 425 g/mol. The van der Waals surface area contributed by atoms with E-state index in [0.29, 0.717) is 11.6 Å². The highest BCUT2D eigenvalue weighted by molar-refractivity contribution is 5.61. The van der Waals surface area contributed by atoms with E-state index in [1.807, 2.05) is 13.0 Å². The number of rotatable bonds is 12. The van der Waals surface area contributed by atoms with Crippen LogP contribution in [0.25, 0.3) is 11.3 Å². The lowest BCUT2D eigenvalue weighted by Gasteiger charge is -2.29. The van der Waals surface area contributed by atoms with E-state index in [0.717, 1.165) is 29.9 Å². The Morgan fingerprint density at radius 1 is 0.941 bits per heavy atom. The number of epoxide rings is 1. The molecule has 1 aromatic carbocycles. The summed E-state index contributed by atoms with van der Waals surface area (Å²) < 4.78 is 26.2. The quantitative estimate of drug-likeness (QED) is 0.178. The molecule has 186 valence electrons. The summed E-state index contributed by atoms with van der Waals surface area (Å²) in [5.41, 5.74) is 3.78. The third-order valence-electron chi connectivity index (χ3n) is 7.72. The van der Waals surface area contributed by atoms with Gasteiger partial charge in [0, 0.05) is 5.56 Å². The molecule has 0 bridgehead atoms. The van der Waals surface area contributed by atoms with Crippen LogP contribution in [0.5, 0.6) is 5.75 Å². The number of aryl methyl sites for hydroxylation is 1. The smallest absolute Gasteiger partial charge is 0.256 e. The minimum absolute atomic E-state index is 0.0870. The number of pyridine rings is 1. The maximum atomic E-state index is 14.8. The molecule has 0 amide bonds. The molecule has 1 aliphatic heterocycles. The molecule has 1 saturated carbocycles. The fourth-order valence-electron chi connectivity index (χ4n) is 5.45. The van der Waals surface area contributed by atoms with Gasteiger partial charge in [-0.2, -0.15) is 4.39 Å². The molecule has 2 aromatic rings. The molecule has 0 unspecified atom stereocenters. The van der Waals surface area contributed by atoms with Crippen LogP contribution in [0, 0.1) is 18.8 Å². The molecule has 4 rings (SSSR count). The summed E-state index contributed by atoms with van der Waals surface area (Å²) in [6, 6.07) is 10.5. The van der Waals surface area contributed by atoms with Crippen LogP contribution in [0.15, 0.2) is 30.3 Å². The van der Waals surface area contributed by atoms with E-state index in [1.165, 1.54) is 69.8 Å². The Morgan fingerprint density at radius 2 is 1.62 bits per heavy atom. The number of nitrogens with zero attached hydrogens (tertiary/aromatic N) is 1. The predicted molar refractivity (Wildman–Crippen MR) is 137 cm³/mol. The van der Waals surface area contributed by atoms with Crippen molar-refractivity contribution in [2.75, 3.05) is 0 Å². The summed E-state index contributed by atoms with van der Waals surface area (Å²) >= 11 is 0. The Hall–Kier alpha value is -1.94. The van der Waals surface area contributed by atoms with Crippen LogP contribution in [0.2, 0.25) is 0 Å². The van der Waals surface area contributed by atoms with Crippen LogP contribution in [-0.4, -0.2) is 17.4 Å². The zero-order chi connectivity index (χ0) is 23.9. The van der Waals surface area contributed by atoms with Gasteiger partial charge in [-0.1, -0.05) is 83.1 Å². The average Bonchev–Trinajstić information content (AvgIpc) is 3.60. The van der Waals surface area contributed by atoms with Crippen molar-refractivity contribution in [1.82, 2.24) is 4.98 Å². The normalized spacial score (nSPS) is 24.2. The largest absolute Gasteiger partial charge is 0.457 e. The van der Waals surface area contributed by atoms with E-state index in [9.17, 15) is 4.39 Å². The van der Waals surface area contributed by atoms with Crippen LogP contribution in [0.4, 0.5) is 4.39 Å². The van der Waals surface area contributed by atoms with Gasteiger partial charge in [0.05, 0.1) is 5.69 Å². The summed E-state index contributed by atoms with van der Waals surface area (Å²) in [6.45, 7) is 6.34. The van der Waals surface area contributed by atoms with Gasteiger partial charge in [-0.05, 0) is 68.1 Å². The first-order valence-corrected chi connectivity index (χ1v) is 13.7. The summed E-state index contributed by atoms with van der Waals surface area (Å²) in [4.78, 5) is 4.23. The Labute approximate surface area is 205 Å². The van der Waals surface area contributed by atoms with Gasteiger partial charge in [-0.25, -0.2) is 4.98 Å². The van der Waals surface area contributed by atoms with E-state index >= 15 is 0 Å². The topological polar surface area (TPSA) is 34.6 Å². The van der Waals surface area contributed by atoms with Crippen molar-refractivity contribution < 1.29 is 13.9 Å². The summed E-state index contributed by atoms with van der Waals surface area (Å²) in [5, 5.41) is 0. The van der Waals surface area contributed by atoms with Crippen molar-refractivity contribution in [1.29, 1.82) is 0 Å². The fraction of sp³-hybridized carbons (Fsp3) is 0.633. The van der Waals surface area contributed by atoms with Crippen LogP contribution in [0.3, 0.4) is 0 Å². The van der Waals surface area contributed by atoms with Crippen LogP contribution < -0.4 is 4.74 Å². The molecule has 2 fully saturated rings. The van der Waals surface area contributed by atoms with E-state index in [1.54, 1.807) is 0 Å². The first-order chi connectivity index (χ1) is 16.6. The van der Waals surface area contributed by atoms with Crippen molar-refractivity contribution in [2.45, 2.75) is 116 Å². The third kappa shape index (κ3) is 6.59. The van der Waals surface area contributed by atoms with Gasteiger partial charge in [-0.15, -0.1) is 0 Å². The zero-order valence-corrected chi connectivity index (χ0v) is 21.3. The standard InChI is InChI=1S/C30H42FNO2/c1-4-6-8-10-22-12-14-23(15-13-22)24-16-18-25(19-17-24)26-20-21(3)28(29(31)32-26)34-30-27(33-30)11-9-7-5-2/h16-20,22-23,27,30H,4-15H2,1-3H3/t22?,23?,27-,30-/m0/s1. The van der Waals surface area contributed by atoms with Gasteiger partial charge in [0.15, 0.2) is 5.75 Å². The highest BCUT2D eigenvalue weighted by Crippen LogP contribution is 2.39.